The molecule has 1 aromatic carbocycles. The largest absolute Gasteiger partial charge is 0.496 e. The maximum atomic E-state index is 13.2. The van der Waals surface area contributed by atoms with Gasteiger partial charge in [-0.05, 0) is 44.9 Å². The van der Waals surface area contributed by atoms with E-state index in [-0.39, 0.29) is 11.0 Å². The van der Waals surface area contributed by atoms with Crippen LogP contribution < -0.4 is 4.74 Å². The van der Waals surface area contributed by atoms with Crippen LogP contribution in [0.4, 0.5) is 0 Å². The lowest BCUT2D eigenvalue weighted by Crippen LogP contribution is -2.40. The lowest BCUT2D eigenvalue weighted by Gasteiger charge is -2.26. The number of hydrogen-bond acceptors (Lipinski definition) is 8. The number of imidazole rings is 1. The Morgan fingerprint density at radius 3 is 2.72 bits per heavy atom. The molecule has 0 bridgehead atoms. The fourth-order valence-electron chi connectivity index (χ4n) is 4.81. The van der Waals surface area contributed by atoms with Crippen LogP contribution in [-0.4, -0.2) is 73.4 Å². The van der Waals surface area contributed by atoms with Gasteiger partial charge >= 0.3 is 0 Å². The summed E-state index contributed by atoms with van der Waals surface area (Å²) in [5.74, 6) is 1.47. The van der Waals surface area contributed by atoms with Gasteiger partial charge < -0.3 is 18.8 Å². The van der Waals surface area contributed by atoms with Crippen LogP contribution in [0.15, 0.2) is 34.4 Å². The number of methoxy groups -OCH3 is 1. The van der Waals surface area contributed by atoms with E-state index in [4.69, 9.17) is 19.2 Å². The summed E-state index contributed by atoms with van der Waals surface area (Å²) in [6.07, 6.45) is 4.01. The molecule has 2 aliphatic heterocycles. The van der Waals surface area contributed by atoms with E-state index in [2.05, 4.69) is 9.55 Å². The molecule has 1 atom stereocenters. The standard InChI is InChI=1S/C25H32N4O5S2/c1-17-14-26-22(18(2)24(17)32-3)16-35-25-27-21-13-20(36(30,31)28-8-11-33-12-9-28)6-7-23(21)29(25)15-19-5-4-10-34-19/h6-7,13-14,19H,4-5,8-12,15-16H2,1-3H3/t19-/m1/s1. The summed E-state index contributed by atoms with van der Waals surface area (Å²) in [5, 5.41) is 0.821. The van der Waals surface area contributed by atoms with Crippen molar-refractivity contribution in [2.24, 2.45) is 0 Å². The first-order valence-electron chi connectivity index (χ1n) is 12.2. The summed E-state index contributed by atoms with van der Waals surface area (Å²) in [5.41, 5.74) is 4.53. The number of pyridine rings is 1. The van der Waals surface area contributed by atoms with Gasteiger partial charge in [0.1, 0.15) is 5.75 Å². The van der Waals surface area contributed by atoms with Crippen molar-refractivity contribution < 1.29 is 22.6 Å². The molecule has 9 nitrogen and oxygen atoms in total. The number of benzene rings is 1. The zero-order chi connectivity index (χ0) is 25.3. The van der Waals surface area contributed by atoms with E-state index >= 15 is 0 Å². The maximum absolute atomic E-state index is 13.2. The summed E-state index contributed by atoms with van der Waals surface area (Å²) in [6, 6.07) is 5.24. The molecular formula is C25H32N4O5S2. The number of fused-ring (bicyclic) bond motifs is 1. The number of hydrogen-bond donors (Lipinski definition) is 0. The van der Waals surface area contributed by atoms with Crippen LogP contribution in [0.2, 0.25) is 0 Å². The van der Waals surface area contributed by atoms with Crippen molar-refractivity contribution in [1.29, 1.82) is 0 Å². The predicted octanol–water partition coefficient (Wildman–Crippen LogP) is 3.55. The third kappa shape index (κ3) is 4.99. The average Bonchev–Trinajstić information content (AvgIpc) is 3.52. The fraction of sp³-hybridized carbons (Fsp3) is 0.520. The van der Waals surface area contributed by atoms with E-state index in [0.29, 0.717) is 44.1 Å². The number of aromatic nitrogens is 3. The molecule has 2 aliphatic rings. The molecule has 36 heavy (non-hydrogen) atoms. The monoisotopic (exact) mass is 532 g/mol. The lowest BCUT2D eigenvalue weighted by molar-refractivity contribution is 0.0730. The minimum Gasteiger partial charge on any atom is -0.496 e. The molecule has 5 rings (SSSR count). The van der Waals surface area contributed by atoms with Gasteiger partial charge in [-0.15, -0.1) is 0 Å². The second-order valence-electron chi connectivity index (χ2n) is 9.14. The van der Waals surface area contributed by atoms with Gasteiger partial charge in [-0.3, -0.25) is 4.98 Å². The highest BCUT2D eigenvalue weighted by atomic mass is 32.2. The van der Waals surface area contributed by atoms with Gasteiger partial charge in [0.05, 0.1) is 54.6 Å². The number of ether oxygens (including phenoxy) is 3. The molecule has 194 valence electrons. The van der Waals surface area contributed by atoms with Gasteiger partial charge in [-0.2, -0.15) is 4.31 Å². The third-order valence-corrected chi connectivity index (χ3v) is 9.67. The molecule has 2 saturated heterocycles. The Morgan fingerprint density at radius 1 is 1.19 bits per heavy atom. The number of morpholine rings is 1. The Hall–Kier alpha value is -2.18. The van der Waals surface area contributed by atoms with Gasteiger partial charge in [0.25, 0.3) is 0 Å². The number of thioether (sulfide) groups is 1. The smallest absolute Gasteiger partial charge is 0.243 e. The van der Waals surface area contributed by atoms with Crippen molar-refractivity contribution in [3.8, 4) is 5.75 Å². The van der Waals surface area contributed by atoms with E-state index in [9.17, 15) is 8.42 Å². The van der Waals surface area contributed by atoms with E-state index in [1.807, 2.05) is 26.1 Å². The van der Waals surface area contributed by atoms with Crippen LogP contribution in [0.3, 0.4) is 0 Å². The highest BCUT2D eigenvalue weighted by molar-refractivity contribution is 7.98. The second-order valence-corrected chi connectivity index (χ2v) is 12.0. The van der Waals surface area contributed by atoms with Crippen LogP contribution in [0.5, 0.6) is 5.75 Å². The third-order valence-electron chi connectivity index (χ3n) is 6.79. The van der Waals surface area contributed by atoms with Crippen molar-refractivity contribution in [1.82, 2.24) is 18.8 Å². The SMILES string of the molecule is COc1c(C)cnc(CSc2nc3cc(S(=O)(=O)N4CCOCC4)ccc3n2C[C@H]2CCCO2)c1C. The van der Waals surface area contributed by atoms with Crippen molar-refractivity contribution in [3.63, 3.8) is 0 Å². The summed E-state index contributed by atoms with van der Waals surface area (Å²) in [7, 11) is -1.93. The summed E-state index contributed by atoms with van der Waals surface area (Å²) < 4.78 is 46.9. The number of sulfonamides is 1. The van der Waals surface area contributed by atoms with Crippen LogP contribution >= 0.6 is 11.8 Å². The lowest BCUT2D eigenvalue weighted by atomic mass is 10.1. The molecule has 2 aromatic heterocycles. The van der Waals surface area contributed by atoms with E-state index in [1.165, 1.54) is 4.31 Å². The number of nitrogens with zero attached hydrogens (tertiary/aromatic N) is 4. The molecule has 11 heteroatoms. The van der Waals surface area contributed by atoms with Gasteiger partial charge in [0.2, 0.25) is 10.0 Å². The van der Waals surface area contributed by atoms with Gasteiger partial charge in [-0.1, -0.05) is 11.8 Å². The van der Waals surface area contributed by atoms with Gasteiger partial charge in [0.15, 0.2) is 5.16 Å². The Balaban J connectivity index is 1.48. The zero-order valence-corrected chi connectivity index (χ0v) is 22.5. The van der Waals surface area contributed by atoms with E-state index in [1.54, 1.807) is 31.0 Å². The summed E-state index contributed by atoms with van der Waals surface area (Å²) in [6.45, 7) is 7.01. The minimum atomic E-state index is -3.60. The molecule has 0 aliphatic carbocycles. The molecule has 0 N–H and O–H groups in total. The van der Waals surface area contributed by atoms with E-state index < -0.39 is 10.0 Å². The Morgan fingerprint density at radius 2 is 2.00 bits per heavy atom. The average molecular weight is 533 g/mol. The highest BCUT2D eigenvalue weighted by Gasteiger charge is 2.28. The first kappa shape index (κ1) is 25.5. The van der Waals surface area contributed by atoms with Crippen LogP contribution in [-0.2, 0) is 31.8 Å². The first-order chi connectivity index (χ1) is 17.4. The number of rotatable bonds is 8. The van der Waals surface area contributed by atoms with E-state index in [0.717, 1.165) is 52.7 Å². The molecular weight excluding hydrogens is 500 g/mol. The molecule has 0 amide bonds. The van der Waals surface area contributed by atoms with Crippen molar-refractivity contribution >= 4 is 32.8 Å². The Kier molecular flexibility index (Phi) is 7.55. The molecule has 0 saturated carbocycles. The van der Waals surface area contributed by atoms with Crippen molar-refractivity contribution in [2.45, 2.75) is 55.1 Å². The molecule has 0 unspecified atom stereocenters. The topological polar surface area (TPSA) is 95.8 Å². The Bertz CT molecular complexity index is 1350. The number of aryl methyl sites for hydroxylation is 1. The quantitative estimate of drug-likeness (QED) is 0.407. The van der Waals surface area contributed by atoms with Gasteiger partial charge in [-0.25, -0.2) is 13.4 Å². The first-order valence-corrected chi connectivity index (χ1v) is 14.6. The highest BCUT2D eigenvalue weighted by Crippen LogP contribution is 2.32. The van der Waals surface area contributed by atoms with Crippen molar-refractivity contribution in [3.05, 3.63) is 41.2 Å². The maximum Gasteiger partial charge on any atom is 0.243 e. The second kappa shape index (κ2) is 10.7. The normalized spacial score (nSPS) is 19.2. The molecule has 3 aromatic rings. The summed E-state index contributed by atoms with van der Waals surface area (Å²) >= 11 is 1.59. The van der Waals surface area contributed by atoms with Crippen molar-refractivity contribution in [2.75, 3.05) is 40.0 Å². The predicted molar refractivity (Wildman–Crippen MR) is 138 cm³/mol. The molecule has 0 spiro atoms. The molecule has 2 fully saturated rings. The molecule has 0 radical (unpaired) electrons. The Labute approximate surface area is 216 Å². The van der Waals surface area contributed by atoms with Crippen LogP contribution in [0.1, 0.15) is 29.7 Å². The summed E-state index contributed by atoms with van der Waals surface area (Å²) in [4.78, 5) is 9.77. The molecule has 4 heterocycles. The van der Waals surface area contributed by atoms with Crippen LogP contribution in [0.25, 0.3) is 11.0 Å². The fourth-order valence-corrected chi connectivity index (χ4v) is 7.29. The zero-order valence-electron chi connectivity index (χ0n) is 20.9. The van der Waals surface area contributed by atoms with Crippen LogP contribution in [0, 0.1) is 13.8 Å². The minimum absolute atomic E-state index is 0.123. The van der Waals surface area contributed by atoms with Gasteiger partial charge in [0, 0.05) is 42.8 Å².